The van der Waals surface area contributed by atoms with Gasteiger partial charge in [-0.2, -0.15) is 18.3 Å². The number of halogens is 3. The maximum absolute atomic E-state index is 12.7. The molecule has 11 heteroatoms. The van der Waals surface area contributed by atoms with E-state index in [2.05, 4.69) is 20.9 Å². The molecule has 0 atom stereocenters. The minimum atomic E-state index is -4.52. The molecule has 1 aromatic carbocycles. The Kier molecular flexibility index (Phi) is 5.63. The molecule has 0 saturated carbocycles. The fourth-order valence-electron chi connectivity index (χ4n) is 2.89. The Morgan fingerprint density at radius 2 is 1.90 bits per heavy atom. The van der Waals surface area contributed by atoms with Gasteiger partial charge in [0, 0.05) is 12.7 Å². The maximum Gasteiger partial charge on any atom is 0.416 e. The summed E-state index contributed by atoms with van der Waals surface area (Å²) in [6.07, 6.45) is -4.52. The first-order valence-electron chi connectivity index (χ1n) is 8.76. The molecule has 2 N–H and O–H groups in total. The monoisotopic (exact) mass is 421 g/mol. The van der Waals surface area contributed by atoms with E-state index in [1.165, 1.54) is 12.1 Å². The first-order valence-corrected chi connectivity index (χ1v) is 8.76. The zero-order valence-electron chi connectivity index (χ0n) is 16.3. The van der Waals surface area contributed by atoms with Crippen molar-refractivity contribution >= 4 is 22.8 Å². The molecule has 0 aliphatic carbocycles. The fraction of sp³-hybridized carbons (Fsp3) is 0.263. The van der Waals surface area contributed by atoms with Gasteiger partial charge in [0.2, 0.25) is 0 Å². The number of hydrogen-bond acceptors (Lipinski definition) is 5. The average molecular weight is 421 g/mol. The van der Waals surface area contributed by atoms with E-state index in [1.807, 2.05) is 0 Å². The van der Waals surface area contributed by atoms with E-state index in [-0.39, 0.29) is 11.3 Å². The van der Waals surface area contributed by atoms with E-state index in [0.717, 1.165) is 12.1 Å². The molecule has 3 aromatic rings. The van der Waals surface area contributed by atoms with Gasteiger partial charge in [-0.1, -0.05) is 6.07 Å². The molecular weight excluding hydrogens is 403 g/mol. The van der Waals surface area contributed by atoms with Gasteiger partial charge in [-0.3, -0.25) is 25.1 Å². The molecule has 0 unspecified atom stereocenters. The Labute approximate surface area is 169 Å². The summed E-state index contributed by atoms with van der Waals surface area (Å²) in [5.74, 6) is -1.46. The van der Waals surface area contributed by atoms with Crippen molar-refractivity contribution in [2.45, 2.75) is 20.0 Å². The number of amides is 2. The lowest BCUT2D eigenvalue weighted by atomic mass is 10.1. The Balaban J connectivity index is 1.63. The summed E-state index contributed by atoms with van der Waals surface area (Å²) in [5.41, 5.74) is 5.54. The molecule has 2 aromatic heterocycles. The number of pyridine rings is 1. The summed E-state index contributed by atoms with van der Waals surface area (Å²) >= 11 is 0. The number of nitrogens with zero attached hydrogens (tertiary/aromatic N) is 3. The first-order chi connectivity index (χ1) is 14.1. The van der Waals surface area contributed by atoms with Crippen LogP contribution in [0.3, 0.4) is 0 Å². The van der Waals surface area contributed by atoms with Crippen LogP contribution in [0.5, 0.6) is 5.75 Å². The van der Waals surface area contributed by atoms with Gasteiger partial charge in [0.05, 0.1) is 22.2 Å². The topological polar surface area (TPSA) is 98.1 Å². The largest absolute Gasteiger partial charge is 0.484 e. The predicted molar refractivity (Wildman–Crippen MR) is 101 cm³/mol. The predicted octanol–water partition coefficient (Wildman–Crippen LogP) is 2.44. The fourth-order valence-corrected chi connectivity index (χ4v) is 2.89. The van der Waals surface area contributed by atoms with Crippen molar-refractivity contribution in [1.82, 2.24) is 25.6 Å². The molecule has 0 fully saturated rings. The van der Waals surface area contributed by atoms with Gasteiger partial charge in [0.25, 0.3) is 11.8 Å². The van der Waals surface area contributed by atoms with Crippen LogP contribution in [0.25, 0.3) is 11.0 Å². The Bertz CT molecular complexity index is 1120. The van der Waals surface area contributed by atoms with Crippen LogP contribution in [-0.4, -0.2) is 33.2 Å². The normalized spacial score (nSPS) is 11.4. The van der Waals surface area contributed by atoms with Crippen LogP contribution < -0.4 is 15.6 Å². The quantitative estimate of drug-likeness (QED) is 0.631. The third kappa shape index (κ3) is 4.50. The average Bonchev–Trinajstić information content (AvgIpc) is 2.97. The number of hydrazine groups is 1. The second kappa shape index (κ2) is 8.01. The Morgan fingerprint density at radius 3 is 2.60 bits per heavy atom. The van der Waals surface area contributed by atoms with Crippen molar-refractivity contribution < 1.29 is 27.5 Å². The SMILES string of the molecule is Cc1cc(C(=O)NNC(=O)COc2cccc(C(F)(F)F)c2)c2c(C)nn(C)c2n1. The van der Waals surface area contributed by atoms with Crippen LogP contribution >= 0.6 is 0 Å². The number of nitrogens with one attached hydrogen (secondary N) is 2. The molecule has 2 amide bonds. The summed E-state index contributed by atoms with van der Waals surface area (Å²) in [6.45, 7) is 2.87. The third-order valence-corrected chi connectivity index (χ3v) is 4.19. The van der Waals surface area contributed by atoms with Crippen LogP contribution in [0.2, 0.25) is 0 Å². The van der Waals surface area contributed by atoms with E-state index >= 15 is 0 Å². The number of carbonyl (C=O) groups excluding carboxylic acids is 2. The smallest absolute Gasteiger partial charge is 0.416 e. The van der Waals surface area contributed by atoms with Crippen molar-refractivity contribution in [3.05, 3.63) is 52.8 Å². The number of ether oxygens (including phenoxy) is 1. The number of alkyl halides is 3. The van der Waals surface area contributed by atoms with Gasteiger partial charge in [0.15, 0.2) is 12.3 Å². The van der Waals surface area contributed by atoms with Gasteiger partial charge in [-0.15, -0.1) is 0 Å². The molecule has 158 valence electrons. The summed E-state index contributed by atoms with van der Waals surface area (Å²) in [5, 5.41) is 4.79. The standard InChI is InChI=1S/C19H18F3N5O3/c1-10-7-14(16-11(2)26-27(3)17(16)23-10)18(29)25-24-15(28)9-30-13-6-4-5-12(8-13)19(20,21)22/h4-8H,9H2,1-3H3,(H,24,28)(H,25,29). The Morgan fingerprint density at radius 1 is 1.17 bits per heavy atom. The molecular formula is C19H18F3N5O3. The summed E-state index contributed by atoms with van der Waals surface area (Å²) < 4.78 is 44.8. The number of aromatic nitrogens is 3. The van der Waals surface area contributed by atoms with Crippen LogP contribution in [0.4, 0.5) is 13.2 Å². The first kappa shape index (κ1) is 21.1. The van der Waals surface area contributed by atoms with E-state index in [9.17, 15) is 22.8 Å². The minimum Gasteiger partial charge on any atom is -0.484 e. The zero-order valence-corrected chi connectivity index (χ0v) is 16.3. The van der Waals surface area contributed by atoms with Gasteiger partial charge in [-0.25, -0.2) is 4.98 Å². The lowest BCUT2D eigenvalue weighted by Crippen LogP contribution is -2.44. The van der Waals surface area contributed by atoms with Crippen LogP contribution in [0.15, 0.2) is 30.3 Å². The van der Waals surface area contributed by atoms with Gasteiger partial charge in [-0.05, 0) is 38.1 Å². The highest BCUT2D eigenvalue weighted by atomic mass is 19.4. The lowest BCUT2D eigenvalue weighted by Gasteiger charge is -2.11. The van der Waals surface area contributed by atoms with Crippen LogP contribution in [0.1, 0.15) is 27.3 Å². The van der Waals surface area contributed by atoms with Crippen molar-refractivity contribution in [1.29, 1.82) is 0 Å². The highest BCUT2D eigenvalue weighted by molar-refractivity contribution is 6.06. The van der Waals surface area contributed by atoms with Gasteiger partial charge in [0.1, 0.15) is 5.75 Å². The van der Waals surface area contributed by atoms with Crippen LogP contribution in [-0.2, 0) is 18.0 Å². The minimum absolute atomic E-state index is 0.122. The van der Waals surface area contributed by atoms with Crippen molar-refractivity contribution in [3.63, 3.8) is 0 Å². The number of fused-ring (bicyclic) bond motifs is 1. The second-order valence-corrected chi connectivity index (χ2v) is 6.54. The number of hydrogen-bond donors (Lipinski definition) is 2. The molecule has 2 heterocycles. The number of rotatable bonds is 4. The number of aryl methyl sites for hydroxylation is 3. The van der Waals surface area contributed by atoms with Gasteiger partial charge < -0.3 is 4.74 Å². The van der Waals surface area contributed by atoms with Crippen molar-refractivity contribution in [3.8, 4) is 5.75 Å². The van der Waals surface area contributed by atoms with E-state index < -0.39 is 30.2 Å². The van der Waals surface area contributed by atoms with Crippen molar-refractivity contribution in [2.24, 2.45) is 7.05 Å². The lowest BCUT2D eigenvalue weighted by molar-refractivity contribution is -0.137. The molecule has 0 aliphatic rings. The molecule has 30 heavy (non-hydrogen) atoms. The zero-order chi connectivity index (χ0) is 22.1. The summed E-state index contributed by atoms with van der Waals surface area (Å²) in [4.78, 5) is 28.8. The van der Waals surface area contributed by atoms with Crippen LogP contribution in [0, 0.1) is 13.8 Å². The molecule has 0 radical (unpaired) electrons. The summed E-state index contributed by atoms with van der Waals surface area (Å²) in [6, 6.07) is 5.71. The van der Waals surface area contributed by atoms with E-state index in [1.54, 1.807) is 31.6 Å². The highest BCUT2D eigenvalue weighted by Crippen LogP contribution is 2.31. The maximum atomic E-state index is 12.7. The second-order valence-electron chi connectivity index (χ2n) is 6.54. The molecule has 0 spiro atoms. The molecule has 8 nitrogen and oxygen atoms in total. The van der Waals surface area contributed by atoms with Gasteiger partial charge >= 0.3 is 6.18 Å². The summed E-state index contributed by atoms with van der Waals surface area (Å²) in [7, 11) is 1.70. The van der Waals surface area contributed by atoms with E-state index in [4.69, 9.17) is 4.74 Å². The Hall–Kier alpha value is -3.63. The molecule has 3 rings (SSSR count). The number of carbonyl (C=O) groups is 2. The molecule has 0 saturated heterocycles. The van der Waals surface area contributed by atoms with Crippen molar-refractivity contribution in [2.75, 3.05) is 6.61 Å². The molecule has 0 aliphatic heterocycles. The number of benzene rings is 1. The molecule has 0 bridgehead atoms. The highest BCUT2D eigenvalue weighted by Gasteiger charge is 2.30. The van der Waals surface area contributed by atoms with E-state index in [0.29, 0.717) is 22.4 Å². The third-order valence-electron chi connectivity index (χ3n) is 4.19.